The quantitative estimate of drug-likeness (QED) is 0.757. The zero-order valence-electron chi connectivity index (χ0n) is 11.5. The normalized spacial score (nSPS) is 10.3. The van der Waals surface area contributed by atoms with E-state index in [2.05, 4.69) is 0 Å². The van der Waals surface area contributed by atoms with Gasteiger partial charge in [0, 0.05) is 18.4 Å². The molecule has 104 valence electrons. The fourth-order valence-electron chi connectivity index (χ4n) is 1.98. The van der Waals surface area contributed by atoms with Gasteiger partial charge >= 0.3 is 0 Å². The van der Waals surface area contributed by atoms with Crippen molar-refractivity contribution < 1.29 is 14.3 Å². The van der Waals surface area contributed by atoms with Gasteiger partial charge in [-0.2, -0.15) is 0 Å². The Morgan fingerprint density at radius 2 is 1.90 bits per heavy atom. The summed E-state index contributed by atoms with van der Waals surface area (Å²) in [6.07, 6.45) is 0.493. The molecule has 4 heteroatoms. The molecule has 0 spiro atoms. The average Bonchev–Trinajstić information content (AvgIpc) is 2.98. The highest BCUT2D eigenvalue weighted by Gasteiger charge is 2.12. The Hall–Kier alpha value is -1.94. The van der Waals surface area contributed by atoms with Crippen LogP contribution in [-0.2, 0) is 0 Å². The summed E-state index contributed by atoms with van der Waals surface area (Å²) in [6, 6.07) is 8.95. The van der Waals surface area contributed by atoms with E-state index in [4.69, 9.17) is 4.74 Å². The summed E-state index contributed by atoms with van der Waals surface area (Å²) in [5.74, 6) is 0.774. The van der Waals surface area contributed by atoms with Crippen LogP contribution in [0.1, 0.15) is 38.4 Å². The molecule has 2 aromatic rings. The molecule has 0 aliphatic heterocycles. The average molecular weight is 288 g/mol. The largest absolute Gasteiger partial charge is 0.496 e. The molecule has 3 nitrogen and oxygen atoms in total. The molecule has 2 rings (SSSR count). The lowest BCUT2D eigenvalue weighted by Gasteiger charge is -2.06. The van der Waals surface area contributed by atoms with Gasteiger partial charge in [-0.1, -0.05) is 6.07 Å². The van der Waals surface area contributed by atoms with Gasteiger partial charge in [0.05, 0.1) is 12.0 Å². The predicted octanol–water partition coefficient (Wildman–Crippen LogP) is 3.91. The van der Waals surface area contributed by atoms with Gasteiger partial charge in [-0.05, 0) is 42.1 Å². The van der Waals surface area contributed by atoms with Crippen LogP contribution in [0.4, 0.5) is 0 Å². The topological polar surface area (TPSA) is 43.4 Å². The monoisotopic (exact) mass is 288 g/mol. The first-order valence-electron chi connectivity index (χ1n) is 6.36. The SMILES string of the molecule is COc1ccc(C(=O)CCC(=O)c2cccs2)cc1C. The third-order valence-corrected chi connectivity index (χ3v) is 4.00. The van der Waals surface area contributed by atoms with E-state index >= 15 is 0 Å². The van der Waals surface area contributed by atoms with Gasteiger partial charge in [0.1, 0.15) is 5.75 Å². The highest BCUT2D eigenvalue weighted by atomic mass is 32.1. The maximum absolute atomic E-state index is 12.1. The number of thiophene rings is 1. The van der Waals surface area contributed by atoms with E-state index in [1.165, 1.54) is 11.3 Å². The lowest BCUT2D eigenvalue weighted by atomic mass is 10.0. The molecular weight excluding hydrogens is 272 g/mol. The Bertz CT molecular complexity index is 615. The smallest absolute Gasteiger partial charge is 0.173 e. The van der Waals surface area contributed by atoms with Crippen LogP contribution >= 0.6 is 11.3 Å². The van der Waals surface area contributed by atoms with E-state index < -0.39 is 0 Å². The second-order valence-electron chi connectivity index (χ2n) is 4.51. The molecule has 0 aliphatic carbocycles. The maximum Gasteiger partial charge on any atom is 0.173 e. The number of ketones is 2. The molecule has 1 heterocycles. The Kier molecular flexibility index (Phi) is 4.69. The van der Waals surface area contributed by atoms with Crippen molar-refractivity contribution >= 4 is 22.9 Å². The first-order chi connectivity index (χ1) is 9.61. The van der Waals surface area contributed by atoms with Crippen LogP contribution in [0.3, 0.4) is 0 Å². The Labute approximate surface area is 122 Å². The summed E-state index contributed by atoms with van der Waals surface area (Å²) in [6.45, 7) is 1.90. The Morgan fingerprint density at radius 1 is 1.15 bits per heavy atom. The van der Waals surface area contributed by atoms with E-state index in [0.717, 1.165) is 11.3 Å². The van der Waals surface area contributed by atoms with Crippen LogP contribution < -0.4 is 4.74 Å². The Morgan fingerprint density at radius 3 is 2.50 bits per heavy atom. The molecule has 0 amide bonds. The maximum atomic E-state index is 12.1. The number of ether oxygens (including phenoxy) is 1. The minimum absolute atomic E-state index is 0.0133. The zero-order chi connectivity index (χ0) is 14.5. The molecule has 1 aromatic heterocycles. The number of carbonyl (C=O) groups is 2. The number of aryl methyl sites for hydroxylation is 1. The van der Waals surface area contributed by atoms with Crippen LogP contribution in [0.15, 0.2) is 35.7 Å². The molecule has 0 N–H and O–H groups in total. The van der Waals surface area contributed by atoms with Gasteiger partial charge in [0.15, 0.2) is 11.6 Å². The summed E-state index contributed by atoms with van der Waals surface area (Å²) >= 11 is 1.41. The summed E-state index contributed by atoms with van der Waals surface area (Å²) in [4.78, 5) is 24.6. The molecule has 0 radical (unpaired) electrons. The highest BCUT2D eigenvalue weighted by Crippen LogP contribution is 2.20. The van der Waals surface area contributed by atoms with Crippen molar-refractivity contribution in [1.82, 2.24) is 0 Å². The van der Waals surface area contributed by atoms with Crippen LogP contribution in [0.5, 0.6) is 5.75 Å². The van der Waals surface area contributed by atoms with Crippen LogP contribution in [0.2, 0.25) is 0 Å². The summed E-state index contributed by atoms with van der Waals surface area (Å²) in [5.41, 5.74) is 1.55. The van der Waals surface area contributed by atoms with Crippen molar-refractivity contribution in [2.45, 2.75) is 19.8 Å². The molecule has 1 aromatic carbocycles. The first-order valence-corrected chi connectivity index (χ1v) is 7.24. The van der Waals surface area contributed by atoms with Gasteiger partial charge in [-0.3, -0.25) is 9.59 Å². The lowest BCUT2D eigenvalue weighted by Crippen LogP contribution is -2.04. The molecule has 0 saturated carbocycles. The van der Waals surface area contributed by atoms with E-state index in [1.54, 1.807) is 31.4 Å². The van der Waals surface area contributed by atoms with Crippen molar-refractivity contribution in [3.8, 4) is 5.75 Å². The molecule has 0 fully saturated rings. The van der Waals surface area contributed by atoms with Crippen molar-refractivity contribution in [1.29, 1.82) is 0 Å². The molecule has 20 heavy (non-hydrogen) atoms. The van der Waals surface area contributed by atoms with Gasteiger partial charge in [-0.15, -0.1) is 11.3 Å². The standard InChI is InChI=1S/C16H16O3S/c1-11-10-12(5-8-15(11)19-2)13(17)6-7-14(18)16-4-3-9-20-16/h3-5,8-10H,6-7H2,1-2H3. The number of Topliss-reactive ketones (excluding diaryl/α,β-unsaturated/α-hetero) is 2. The Balaban J connectivity index is 1.98. The van der Waals surface area contributed by atoms with E-state index in [1.807, 2.05) is 18.4 Å². The van der Waals surface area contributed by atoms with E-state index in [-0.39, 0.29) is 24.4 Å². The number of rotatable bonds is 6. The van der Waals surface area contributed by atoms with Crippen LogP contribution in [0.25, 0.3) is 0 Å². The zero-order valence-corrected chi connectivity index (χ0v) is 12.3. The van der Waals surface area contributed by atoms with Gasteiger partial charge < -0.3 is 4.74 Å². The highest BCUT2D eigenvalue weighted by molar-refractivity contribution is 7.12. The molecule has 0 saturated heterocycles. The van der Waals surface area contributed by atoms with Crippen molar-refractivity contribution in [2.75, 3.05) is 7.11 Å². The summed E-state index contributed by atoms with van der Waals surface area (Å²) < 4.78 is 5.16. The second kappa shape index (κ2) is 6.48. The molecule has 0 unspecified atom stereocenters. The lowest BCUT2D eigenvalue weighted by molar-refractivity contribution is 0.0919. The molecule has 0 aliphatic rings. The number of benzene rings is 1. The van der Waals surface area contributed by atoms with E-state index in [9.17, 15) is 9.59 Å². The molecular formula is C16H16O3S. The predicted molar refractivity (Wildman–Crippen MR) is 79.9 cm³/mol. The summed E-state index contributed by atoms with van der Waals surface area (Å²) in [7, 11) is 1.60. The van der Waals surface area contributed by atoms with Gasteiger partial charge in [0.2, 0.25) is 0 Å². The van der Waals surface area contributed by atoms with Crippen LogP contribution in [-0.4, -0.2) is 18.7 Å². The number of carbonyl (C=O) groups excluding carboxylic acids is 2. The fourth-order valence-corrected chi connectivity index (χ4v) is 2.68. The number of hydrogen-bond acceptors (Lipinski definition) is 4. The van der Waals surface area contributed by atoms with Gasteiger partial charge in [-0.25, -0.2) is 0 Å². The third-order valence-electron chi connectivity index (χ3n) is 3.09. The molecule has 0 bridgehead atoms. The third kappa shape index (κ3) is 3.33. The van der Waals surface area contributed by atoms with Crippen LogP contribution in [0, 0.1) is 6.92 Å². The number of hydrogen-bond donors (Lipinski definition) is 0. The minimum atomic E-state index is -0.0133. The van der Waals surface area contributed by atoms with Crippen molar-refractivity contribution in [3.63, 3.8) is 0 Å². The molecule has 0 atom stereocenters. The van der Waals surface area contributed by atoms with E-state index in [0.29, 0.717) is 10.4 Å². The number of methoxy groups -OCH3 is 1. The first kappa shape index (κ1) is 14.5. The van der Waals surface area contributed by atoms with Gasteiger partial charge in [0.25, 0.3) is 0 Å². The fraction of sp³-hybridized carbons (Fsp3) is 0.250. The van der Waals surface area contributed by atoms with Crippen molar-refractivity contribution in [3.05, 3.63) is 51.7 Å². The van der Waals surface area contributed by atoms with Crippen molar-refractivity contribution in [2.24, 2.45) is 0 Å². The summed E-state index contributed by atoms with van der Waals surface area (Å²) in [5, 5.41) is 1.86. The minimum Gasteiger partial charge on any atom is -0.496 e. The second-order valence-corrected chi connectivity index (χ2v) is 5.46.